The molecule has 18 heavy (non-hydrogen) atoms. The minimum absolute atomic E-state index is 0.0586. The summed E-state index contributed by atoms with van der Waals surface area (Å²) in [5.41, 5.74) is 3.77. The molecule has 0 aliphatic rings. The van der Waals surface area contributed by atoms with Crippen LogP contribution in [0.3, 0.4) is 0 Å². The summed E-state index contributed by atoms with van der Waals surface area (Å²) in [5.74, 6) is 0.653. The van der Waals surface area contributed by atoms with Crippen molar-refractivity contribution >= 4 is 11.0 Å². The highest BCUT2D eigenvalue weighted by molar-refractivity contribution is 5.80. The number of hydrogen-bond acceptors (Lipinski definition) is 4. The third kappa shape index (κ3) is 1.96. The Bertz CT molecular complexity index is 677. The minimum Gasteiger partial charge on any atom is -0.396 e. The lowest BCUT2D eigenvalue weighted by Gasteiger charge is -2.03. The SMILES string of the molecule is OCCc1nccc(-c2ccc3nc[nH]c3c2)n1. The highest BCUT2D eigenvalue weighted by Gasteiger charge is 2.04. The van der Waals surface area contributed by atoms with E-state index >= 15 is 0 Å². The van der Waals surface area contributed by atoms with Crippen LogP contribution in [-0.2, 0) is 6.42 Å². The summed E-state index contributed by atoms with van der Waals surface area (Å²) in [6, 6.07) is 7.80. The van der Waals surface area contributed by atoms with Gasteiger partial charge in [-0.15, -0.1) is 0 Å². The van der Waals surface area contributed by atoms with Gasteiger partial charge in [-0.05, 0) is 18.2 Å². The Kier molecular flexibility index (Phi) is 2.74. The summed E-state index contributed by atoms with van der Waals surface area (Å²) in [6.07, 6.45) is 3.86. The standard InChI is InChI=1S/C13H12N4O/c18-6-4-13-14-5-3-10(17-13)9-1-2-11-12(7-9)16-8-15-11/h1-3,5,7-8,18H,4,6H2,(H,15,16). The van der Waals surface area contributed by atoms with Gasteiger partial charge in [-0.3, -0.25) is 0 Å². The van der Waals surface area contributed by atoms with E-state index in [0.717, 1.165) is 22.3 Å². The molecule has 2 heterocycles. The fraction of sp³-hybridized carbons (Fsp3) is 0.154. The van der Waals surface area contributed by atoms with Crippen molar-refractivity contribution in [2.45, 2.75) is 6.42 Å². The molecule has 2 aromatic heterocycles. The van der Waals surface area contributed by atoms with Crippen LogP contribution in [-0.4, -0.2) is 31.6 Å². The van der Waals surface area contributed by atoms with Crippen molar-refractivity contribution in [2.24, 2.45) is 0 Å². The lowest BCUT2D eigenvalue weighted by atomic mass is 10.1. The van der Waals surface area contributed by atoms with Gasteiger partial charge in [0.1, 0.15) is 5.82 Å². The van der Waals surface area contributed by atoms with E-state index in [4.69, 9.17) is 5.11 Å². The van der Waals surface area contributed by atoms with E-state index < -0.39 is 0 Å². The monoisotopic (exact) mass is 240 g/mol. The number of aliphatic hydroxyl groups is 1. The second-order valence-corrected chi connectivity index (χ2v) is 3.97. The molecule has 0 saturated carbocycles. The first-order valence-corrected chi connectivity index (χ1v) is 5.73. The van der Waals surface area contributed by atoms with E-state index in [1.54, 1.807) is 12.5 Å². The topological polar surface area (TPSA) is 74.7 Å². The number of nitrogens with zero attached hydrogens (tertiary/aromatic N) is 3. The molecule has 0 radical (unpaired) electrons. The van der Waals surface area contributed by atoms with Crippen molar-refractivity contribution in [3.63, 3.8) is 0 Å². The third-order valence-electron chi connectivity index (χ3n) is 2.76. The van der Waals surface area contributed by atoms with E-state index in [9.17, 15) is 0 Å². The lowest BCUT2D eigenvalue weighted by Crippen LogP contribution is -1.99. The van der Waals surface area contributed by atoms with E-state index in [1.165, 1.54) is 0 Å². The van der Waals surface area contributed by atoms with Crippen molar-refractivity contribution in [3.8, 4) is 11.3 Å². The Morgan fingerprint density at radius 2 is 2.11 bits per heavy atom. The maximum atomic E-state index is 8.90. The first-order valence-electron chi connectivity index (χ1n) is 5.73. The molecule has 3 rings (SSSR count). The molecule has 5 heteroatoms. The Morgan fingerprint density at radius 3 is 3.00 bits per heavy atom. The molecular weight excluding hydrogens is 228 g/mol. The number of nitrogens with one attached hydrogen (secondary N) is 1. The van der Waals surface area contributed by atoms with E-state index in [2.05, 4.69) is 19.9 Å². The fourth-order valence-corrected chi connectivity index (χ4v) is 1.88. The van der Waals surface area contributed by atoms with Crippen LogP contribution >= 0.6 is 0 Å². The van der Waals surface area contributed by atoms with Crippen LogP contribution in [0.4, 0.5) is 0 Å². The normalized spacial score (nSPS) is 10.9. The zero-order valence-electron chi connectivity index (χ0n) is 9.67. The smallest absolute Gasteiger partial charge is 0.131 e. The Labute approximate surface area is 104 Å². The molecule has 0 aliphatic carbocycles. The van der Waals surface area contributed by atoms with Crippen molar-refractivity contribution in [2.75, 3.05) is 6.61 Å². The van der Waals surface area contributed by atoms with Crippen LogP contribution in [0.1, 0.15) is 5.82 Å². The maximum absolute atomic E-state index is 8.90. The third-order valence-corrected chi connectivity index (χ3v) is 2.76. The van der Waals surface area contributed by atoms with E-state index in [0.29, 0.717) is 12.2 Å². The van der Waals surface area contributed by atoms with Gasteiger partial charge in [-0.1, -0.05) is 6.07 Å². The average molecular weight is 240 g/mol. The summed E-state index contributed by atoms with van der Waals surface area (Å²) in [7, 11) is 0. The second-order valence-electron chi connectivity index (χ2n) is 3.97. The lowest BCUT2D eigenvalue weighted by molar-refractivity contribution is 0.296. The van der Waals surface area contributed by atoms with Gasteiger partial charge in [0, 0.05) is 18.2 Å². The van der Waals surface area contributed by atoms with E-state index in [-0.39, 0.29) is 6.61 Å². The molecule has 0 aliphatic heterocycles. The molecule has 1 aromatic carbocycles. The zero-order chi connectivity index (χ0) is 12.4. The molecule has 0 amide bonds. The Morgan fingerprint density at radius 1 is 1.17 bits per heavy atom. The van der Waals surface area contributed by atoms with Crippen LogP contribution in [0.25, 0.3) is 22.3 Å². The molecule has 5 nitrogen and oxygen atoms in total. The van der Waals surface area contributed by atoms with Crippen LogP contribution < -0.4 is 0 Å². The summed E-state index contributed by atoms with van der Waals surface area (Å²) in [4.78, 5) is 15.8. The number of benzene rings is 1. The second kappa shape index (κ2) is 4.54. The van der Waals surface area contributed by atoms with Crippen molar-refractivity contribution < 1.29 is 5.11 Å². The van der Waals surface area contributed by atoms with Crippen LogP contribution in [0, 0.1) is 0 Å². The average Bonchev–Trinajstić information content (AvgIpc) is 2.86. The van der Waals surface area contributed by atoms with Crippen molar-refractivity contribution in [1.82, 2.24) is 19.9 Å². The molecule has 0 spiro atoms. The van der Waals surface area contributed by atoms with Crippen molar-refractivity contribution in [1.29, 1.82) is 0 Å². The van der Waals surface area contributed by atoms with Crippen LogP contribution in [0.5, 0.6) is 0 Å². The molecule has 0 fully saturated rings. The van der Waals surface area contributed by atoms with Gasteiger partial charge in [0.05, 0.1) is 29.7 Å². The number of aliphatic hydroxyl groups excluding tert-OH is 1. The predicted molar refractivity (Wildman–Crippen MR) is 67.9 cm³/mol. The molecule has 2 N–H and O–H groups in total. The molecule has 0 bridgehead atoms. The number of aromatic nitrogens is 4. The first-order chi connectivity index (χ1) is 8.86. The number of H-pyrrole nitrogens is 1. The molecule has 0 atom stereocenters. The number of fused-ring (bicyclic) bond motifs is 1. The molecule has 90 valence electrons. The molecule has 3 aromatic rings. The summed E-state index contributed by atoms with van der Waals surface area (Å²) in [5, 5.41) is 8.90. The van der Waals surface area contributed by atoms with Crippen LogP contribution in [0.15, 0.2) is 36.8 Å². The summed E-state index contributed by atoms with van der Waals surface area (Å²) in [6.45, 7) is 0.0586. The Balaban J connectivity index is 2.04. The first kappa shape index (κ1) is 10.9. The molecule has 0 unspecified atom stereocenters. The van der Waals surface area contributed by atoms with Crippen molar-refractivity contribution in [3.05, 3.63) is 42.6 Å². The quantitative estimate of drug-likeness (QED) is 0.728. The van der Waals surface area contributed by atoms with Gasteiger partial charge in [0.15, 0.2) is 0 Å². The minimum atomic E-state index is 0.0586. The van der Waals surface area contributed by atoms with Gasteiger partial charge < -0.3 is 10.1 Å². The van der Waals surface area contributed by atoms with Gasteiger partial charge in [0.25, 0.3) is 0 Å². The predicted octanol–water partition coefficient (Wildman–Crippen LogP) is 1.55. The number of imidazole rings is 1. The number of rotatable bonds is 3. The molecule has 0 saturated heterocycles. The van der Waals surface area contributed by atoms with E-state index in [1.807, 2.05) is 24.3 Å². The Hall–Kier alpha value is -2.27. The van der Waals surface area contributed by atoms with Gasteiger partial charge >= 0.3 is 0 Å². The highest BCUT2D eigenvalue weighted by atomic mass is 16.3. The zero-order valence-corrected chi connectivity index (χ0v) is 9.67. The largest absolute Gasteiger partial charge is 0.396 e. The molecular formula is C13H12N4O. The summed E-state index contributed by atoms with van der Waals surface area (Å²) >= 11 is 0. The van der Waals surface area contributed by atoms with Gasteiger partial charge in [-0.2, -0.15) is 0 Å². The maximum Gasteiger partial charge on any atom is 0.131 e. The highest BCUT2D eigenvalue weighted by Crippen LogP contribution is 2.20. The van der Waals surface area contributed by atoms with Crippen LogP contribution in [0.2, 0.25) is 0 Å². The van der Waals surface area contributed by atoms with Gasteiger partial charge in [0.2, 0.25) is 0 Å². The fourth-order valence-electron chi connectivity index (χ4n) is 1.88. The van der Waals surface area contributed by atoms with Gasteiger partial charge in [-0.25, -0.2) is 15.0 Å². The summed E-state index contributed by atoms with van der Waals surface area (Å²) < 4.78 is 0. The number of hydrogen-bond donors (Lipinski definition) is 2. The number of aromatic amines is 1.